The zero-order valence-electron chi connectivity index (χ0n) is 16.1. The number of nitrogens with zero attached hydrogens (tertiary/aromatic N) is 4. The molecule has 0 aliphatic carbocycles. The first kappa shape index (κ1) is 18.7. The SMILES string of the molecule is O=C(NCCN1CCN(Cc2ccccc2)CC1)c1cc2c(nc3sccn32)s1. The van der Waals surface area contributed by atoms with Gasteiger partial charge in [0.1, 0.15) is 4.83 Å². The van der Waals surface area contributed by atoms with E-state index in [2.05, 4.69) is 50.4 Å². The largest absolute Gasteiger partial charge is 0.350 e. The highest BCUT2D eigenvalue weighted by atomic mass is 32.1. The van der Waals surface area contributed by atoms with Crippen molar-refractivity contribution in [3.05, 3.63) is 58.4 Å². The van der Waals surface area contributed by atoms with E-state index in [1.165, 1.54) is 16.9 Å². The second-order valence-corrected chi connectivity index (χ2v) is 9.23. The van der Waals surface area contributed by atoms with Crippen molar-refractivity contribution in [2.24, 2.45) is 0 Å². The number of amides is 1. The van der Waals surface area contributed by atoms with Crippen LogP contribution < -0.4 is 5.32 Å². The van der Waals surface area contributed by atoms with E-state index in [-0.39, 0.29) is 5.91 Å². The summed E-state index contributed by atoms with van der Waals surface area (Å²) in [7, 11) is 0. The molecule has 0 unspecified atom stereocenters. The zero-order chi connectivity index (χ0) is 19.6. The lowest BCUT2D eigenvalue weighted by atomic mass is 10.2. The van der Waals surface area contributed by atoms with Gasteiger partial charge in [0.2, 0.25) is 0 Å². The van der Waals surface area contributed by atoms with Gasteiger partial charge >= 0.3 is 0 Å². The molecule has 8 heteroatoms. The third-order valence-electron chi connectivity index (χ3n) is 5.39. The van der Waals surface area contributed by atoms with Crippen molar-refractivity contribution >= 4 is 43.9 Å². The molecular formula is C21H23N5OS2. The van der Waals surface area contributed by atoms with Crippen LogP contribution in [0.15, 0.2) is 48.0 Å². The molecule has 1 aliphatic heterocycles. The van der Waals surface area contributed by atoms with Crippen LogP contribution in [0.25, 0.3) is 15.3 Å². The number of carbonyl (C=O) groups is 1. The normalized spacial score (nSPS) is 16.0. The first-order valence-corrected chi connectivity index (χ1v) is 11.6. The quantitative estimate of drug-likeness (QED) is 0.516. The van der Waals surface area contributed by atoms with Crippen LogP contribution in [0, 0.1) is 0 Å². The van der Waals surface area contributed by atoms with Gasteiger partial charge in [-0.25, -0.2) is 4.98 Å². The van der Waals surface area contributed by atoms with Gasteiger partial charge in [-0.15, -0.1) is 22.7 Å². The summed E-state index contributed by atoms with van der Waals surface area (Å²) in [5.74, 6) is -0.000284. The number of fused-ring (bicyclic) bond motifs is 3. The minimum Gasteiger partial charge on any atom is -0.350 e. The molecule has 0 saturated carbocycles. The molecule has 0 spiro atoms. The Balaban J connectivity index is 1.08. The van der Waals surface area contributed by atoms with Crippen molar-refractivity contribution in [2.45, 2.75) is 6.54 Å². The summed E-state index contributed by atoms with van der Waals surface area (Å²) in [6.07, 6.45) is 2.00. The average Bonchev–Trinajstić information content (AvgIpc) is 3.42. The minimum absolute atomic E-state index is 0.000284. The van der Waals surface area contributed by atoms with Crippen molar-refractivity contribution in [3.63, 3.8) is 0 Å². The molecule has 5 rings (SSSR count). The van der Waals surface area contributed by atoms with Gasteiger partial charge in [-0.2, -0.15) is 0 Å². The molecule has 1 aliphatic rings. The van der Waals surface area contributed by atoms with Crippen molar-refractivity contribution in [1.29, 1.82) is 0 Å². The highest BCUT2D eigenvalue weighted by molar-refractivity contribution is 7.21. The van der Waals surface area contributed by atoms with Gasteiger partial charge in [0.15, 0.2) is 4.96 Å². The highest BCUT2D eigenvalue weighted by Crippen LogP contribution is 2.28. The van der Waals surface area contributed by atoms with Crippen molar-refractivity contribution in [1.82, 2.24) is 24.5 Å². The predicted octanol–water partition coefficient (Wildman–Crippen LogP) is 3.16. The number of rotatable bonds is 6. The number of imidazole rings is 1. The molecule has 1 fully saturated rings. The Kier molecular flexibility index (Phi) is 5.32. The molecule has 4 heterocycles. The molecule has 6 nitrogen and oxygen atoms in total. The molecular weight excluding hydrogens is 402 g/mol. The Morgan fingerprint density at radius 1 is 1.10 bits per heavy atom. The van der Waals surface area contributed by atoms with Crippen LogP contribution >= 0.6 is 22.7 Å². The number of hydrogen-bond donors (Lipinski definition) is 1. The van der Waals surface area contributed by atoms with Crippen LogP contribution in [0.5, 0.6) is 0 Å². The van der Waals surface area contributed by atoms with E-state index < -0.39 is 0 Å². The Morgan fingerprint density at radius 2 is 1.90 bits per heavy atom. The van der Waals surface area contributed by atoms with Crippen LogP contribution in [0.4, 0.5) is 0 Å². The van der Waals surface area contributed by atoms with Crippen molar-refractivity contribution in [3.8, 4) is 0 Å². The molecule has 1 saturated heterocycles. The third kappa shape index (κ3) is 4.06. The number of hydrogen-bond acceptors (Lipinski definition) is 6. The summed E-state index contributed by atoms with van der Waals surface area (Å²) in [5.41, 5.74) is 2.39. The molecule has 3 aromatic heterocycles. The van der Waals surface area contributed by atoms with Gasteiger partial charge in [-0.05, 0) is 11.6 Å². The number of aromatic nitrogens is 2. The number of carbonyl (C=O) groups excluding carboxylic acids is 1. The van der Waals surface area contributed by atoms with E-state index in [0.717, 1.165) is 59.5 Å². The van der Waals surface area contributed by atoms with Gasteiger partial charge in [0, 0.05) is 57.4 Å². The van der Waals surface area contributed by atoms with Gasteiger partial charge in [-0.3, -0.25) is 19.0 Å². The Labute approximate surface area is 177 Å². The van der Waals surface area contributed by atoms with Crippen LogP contribution in [-0.2, 0) is 6.54 Å². The Hall–Kier alpha value is -2.26. The number of thiophene rings is 1. The highest BCUT2D eigenvalue weighted by Gasteiger charge is 2.18. The number of nitrogens with one attached hydrogen (secondary N) is 1. The number of piperazine rings is 1. The average molecular weight is 426 g/mol. The van der Waals surface area contributed by atoms with Crippen molar-refractivity contribution < 1.29 is 4.79 Å². The number of thiazole rings is 1. The number of benzene rings is 1. The first-order chi connectivity index (χ1) is 14.3. The van der Waals surface area contributed by atoms with E-state index in [9.17, 15) is 4.79 Å². The summed E-state index contributed by atoms with van der Waals surface area (Å²) in [6.45, 7) is 6.82. The van der Waals surface area contributed by atoms with Gasteiger partial charge in [0.05, 0.1) is 10.4 Å². The van der Waals surface area contributed by atoms with E-state index in [1.807, 2.05) is 22.0 Å². The molecule has 4 aromatic rings. The summed E-state index contributed by atoms with van der Waals surface area (Å²) in [5, 5.41) is 5.08. The van der Waals surface area contributed by atoms with Gasteiger partial charge < -0.3 is 5.32 Å². The standard InChI is InChI=1S/C21H23N5OS2/c27-19(18-14-17-20(29-18)23-21-26(17)12-13-28-21)22-6-7-24-8-10-25(11-9-24)15-16-4-2-1-3-5-16/h1-5,12-14H,6-11,15H2,(H,22,27). The first-order valence-electron chi connectivity index (χ1n) is 9.88. The fraction of sp³-hybridized carbons (Fsp3) is 0.333. The molecule has 1 N–H and O–H groups in total. The Bertz CT molecular complexity index is 1110. The maximum absolute atomic E-state index is 12.5. The predicted molar refractivity (Wildman–Crippen MR) is 119 cm³/mol. The lowest BCUT2D eigenvalue weighted by Gasteiger charge is -2.34. The maximum atomic E-state index is 12.5. The third-order valence-corrected chi connectivity index (χ3v) is 7.16. The molecule has 1 aromatic carbocycles. The summed E-state index contributed by atoms with van der Waals surface area (Å²) < 4.78 is 2.04. The van der Waals surface area contributed by atoms with E-state index in [0.29, 0.717) is 6.54 Å². The second-order valence-electron chi connectivity index (χ2n) is 7.33. The summed E-state index contributed by atoms with van der Waals surface area (Å²) >= 11 is 3.08. The Morgan fingerprint density at radius 3 is 2.72 bits per heavy atom. The van der Waals surface area contributed by atoms with Crippen LogP contribution in [0.3, 0.4) is 0 Å². The summed E-state index contributed by atoms with van der Waals surface area (Å²) in [4.78, 5) is 24.7. The molecule has 29 heavy (non-hydrogen) atoms. The van der Waals surface area contributed by atoms with Crippen LogP contribution in [0.1, 0.15) is 15.2 Å². The second kappa shape index (κ2) is 8.23. The van der Waals surface area contributed by atoms with Crippen molar-refractivity contribution in [2.75, 3.05) is 39.3 Å². The minimum atomic E-state index is -0.000284. The fourth-order valence-electron chi connectivity index (χ4n) is 3.79. The van der Waals surface area contributed by atoms with Gasteiger partial charge in [0.25, 0.3) is 5.91 Å². The van der Waals surface area contributed by atoms with E-state index >= 15 is 0 Å². The zero-order valence-corrected chi connectivity index (χ0v) is 17.7. The van der Waals surface area contributed by atoms with Gasteiger partial charge in [-0.1, -0.05) is 30.3 Å². The summed E-state index contributed by atoms with van der Waals surface area (Å²) in [6, 6.07) is 12.6. The van der Waals surface area contributed by atoms with E-state index in [1.54, 1.807) is 11.3 Å². The van der Waals surface area contributed by atoms with E-state index in [4.69, 9.17) is 0 Å². The topological polar surface area (TPSA) is 52.9 Å². The molecule has 1 amide bonds. The molecule has 0 radical (unpaired) electrons. The van der Waals surface area contributed by atoms with Crippen LogP contribution in [0.2, 0.25) is 0 Å². The lowest BCUT2D eigenvalue weighted by molar-refractivity contribution is 0.0938. The molecule has 0 atom stereocenters. The smallest absolute Gasteiger partial charge is 0.261 e. The lowest BCUT2D eigenvalue weighted by Crippen LogP contribution is -2.48. The molecule has 150 valence electrons. The van der Waals surface area contributed by atoms with Crippen LogP contribution in [-0.4, -0.2) is 64.4 Å². The maximum Gasteiger partial charge on any atom is 0.261 e. The fourth-order valence-corrected chi connectivity index (χ4v) is 5.50. The monoisotopic (exact) mass is 425 g/mol. The molecule has 0 bridgehead atoms.